The van der Waals surface area contributed by atoms with E-state index in [-0.39, 0.29) is 6.04 Å². The van der Waals surface area contributed by atoms with E-state index in [9.17, 15) is 0 Å². The first-order valence-corrected chi connectivity index (χ1v) is 7.29. The van der Waals surface area contributed by atoms with Gasteiger partial charge in [0, 0.05) is 33.5 Å². The number of hydrogen-bond acceptors (Lipinski definition) is 4. The second-order valence-electron chi connectivity index (χ2n) is 4.30. The number of rotatable bonds is 4. The first-order valence-electron chi connectivity index (χ1n) is 5.93. The SMILES string of the molecule is Cc1ccnc(N)c1C(N)CSc1ccc(Cl)cc1. The molecule has 0 aliphatic carbocycles. The maximum absolute atomic E-state index is 6.21. The fourth-order valence-corrected chi connectivity index (χ4v) is 2.87. The van der Waals surface area contributed by atoms with E-state index in [2.05, 4.69) is 4.98 Å². The highest BCUT2D eigenvalue weighted by Gasteiger charge is 2.13. The molecule has 0 aliphatic rings. The largest absolute Gasteiger partial charge is 0.383 e. The Bertz CT molecular complexity index is 537. The van der Waals surface area contributed by atoms with Crippen molar-refractivity contribution in [3.05, 3.63) is 52.7 Å². The first kappa shape index (κ1) is 14.2. The maximum Gasteiger partial charge on any atom is 0.128 e. The molecule has 0 aliphatic heterocycles. The van der Waals surface area contributed by atoms with E-state index in [4.69, 9.17) is 23.1 Å². The van der Waals surface area contributed by atoms with Crippen molar-refractivity contribution in [1.82, 2.24) is 4.98 Å². The number of thioether (sulfide) groups is 1. The number of nitrogens with two attached hydrogens (primary N) is 2. The molecular weight excluding hydrogens is 278 g/mol. The van der Waals surface area contributed by atoms with Crippen molar-refractivity contribution in [3.8, 4) is 0 Å². The molecule has 0 radical (unpaired) electrons. The lowest BCUT2D eigenvalue weighted by Gasteiger charge is -2.16. The smallest absolute Gasteiger partial charge is 0.128 e. The summed E-state index contributed by atoms with van der Waals surface area (Å²) < 4.78 is 0. The van der Waals surface area contributed by atoms with E-state index in [0.717, 1.165) is 26.8 Å². The maximum atomic E-state index is 6.21. The molecule has 0 amide bonds. The molecule has 0 saturated heterocycles. The summed E-state index contributed by atoms with van der Waals surface area (Å²) in [4.78, 5) is 5.24. The second kappa shape index (κ2) is 6.28. The van der Waals surface area contributed by atoms with E-state index >= 15 is 0 Å². The van der Waals surface area contributed by atoms with Crippen molar-refractivity contribution < 1.29 is 0 Å². The van der Waals surface area contributed by atoms with Crippen LogP contribution in [0.15, 0.2) is 41.4 Å². The molecule has 100 valence electrons. The van der Waals surface area contributed by atoms with Crippen LogP contribution in [0.25, 0.3) is 0 Å². The number of halogens is 1. The van der Waals surface area contributed by atoms with Gasteiger partial charge in [-0.2, -0.15) is 0 Å². The molecule has 19 heavy (non-hydrogen) atoms. The summed E-state index contributed by atoms with van der Waals surface area (Å²) in [6, 6.07) is 9.52. The molecule has 1 aromatic carbocycles. The van der Waals surface area contributed by atoms with Crippen LogP contribution in [-0.4, -0.2) is 10.7 Å². The minimum atomic E-state index is -0.130. The van der Waals surface area contributed by atoms with Crippen LogP contribution in [0.4, 0.5) is 5.82 Å². The third-order valence-electron chi connectivity index (χ3n) is 2.85. The molecule has 0 bridgehead atoms. The first-order chi connectivity index (χ1) is 9.08. The topological polar surface area (TPSA) is 64.9 Å². The van der Waals surface area contributed by atoms with Gasteiger partial charge in [0.05, 0.1) is 0 Å². The summed E-state index contributed by atoms with van der Waals surface area (Å²) in [6.45, 7) is 2.00. The van der Waals surface area contributed by atoms with Crippen LogP contribution in [-0.2, 0) is 0 Å². The molecule has 1 aromatic heterocycles. The average molecular weight is 294 g/mol. The van der Waals surface area contributed by atoms with Gasteiger partial charge in [-0.05, 0) is 42.8 Å². The standard InChI is InChI=1S/C14H16ClN3S/c1-9-6-7-18-14(17)13(9)12(16)8-19-11-4-2-10(15)3-5-11/h2-7,12H,8,16H2,1H3,(H2,17,18). The highest BCUT2D eigenvalue weighted by molar-refractivity contribution is 7.99. The Morgan fingerprint density at radius 1 is 1.26 bits per heavy atom. The summed E-state index contributed by atoms with van der Waals surface area (Å²) in [6.07, 6.45) is 1.70. The van der Waals surface area contributed by atoms with Gasteiger partial charge in [-0.25, -0.2) is 4.98 Å². The van der Waals surface area contributed by atoms with Crippen LogP contribution in [0.1, 0.15) is 17.2 Å². The number of pyridine rings is 1. The zero-order valence-electron chi connectivity index (χ0n) is 10.6. The number of nitrogen functional groups attached to an aromatic ring is 1. The Hall–Kier alpha value is -1.23. The van der Waals surface area contributed by atoms with E-state index in [1.54, 1.807) is 18.0 Å². The van der Waals surface area contributed by atoms with Gasteiger partial charge in [0.25, 0.3) is 0 Å². The van der Waals surface area contributed by atoms with E-state index < -0.39 is 0 Å². The fraction of sp³-hybridized carbons (Fsp3) is 0.214. The number of aromatic nitrogens is 1. The van der Waals surface area contributed by atoms with Crippen LogP contribution >= 0.6 is 23.4 Å². The Labute approximate surface area is 122 Å². The lowest BCUT2D eigenvalue weighted by atomic mass is 10.1. The van der Waals surface area contributed by atoms with Gasteiger partial charge >= 0.3 is 0 Å². The van der Waals surface area contributed by atoms with Crippen LogP contribution in [0.5, 0.6) is 0 Å². The van der Waals surface area contributed by atoms with E-state index in [1.807, 2.05) is 37.3 Å². The lowest BCUT2D eigenvalue weighted by molar-refractivity contribution is 0.819. The van der Waals surface area contributed by atoms with Gasteiger partial charge < -0.3 is 11.5 Å². The monoisotopic (exact) mass is 293 g/mol. The zero-order chi connectivity index (χ0) is 13.8. The van der Waals surface area contributed by atoms with Gasteiger partial charge in [0.15, 0.2) is 0 Å². The summed E-state index contributed by atoms with van der Waals surface area (Å²) >= 11 is 7.54. The molecule has 1 unspecified atom stereocenters. The molecule has 4 N–H and O–H groups in total. The molecule has 0 saturated carbocycles. The summed E-state index contributed by atoms with van der Waals surface area (Å²) in [7, 11) is 0. The Kier molecular flexibility index (Phi) is 4.69. The molecule has 3 nitrogen and oxygen atoms in total. The molecule has 2 aromatic rings. The highest BCUT2D eigenvalue weighted by atomic mass is 35.5. The van der Waals surface area contributed by atoms with Gasteiger partial charge in [-0.15, -0.1) is 11.8 Å². The van der Waals surface area contributed by atoms with Gasteiger partial charge in [0.2, 0.25) is 0 Å². The third-order valence-corrected chi connectivity index (χ3v) is 4.24. The molecule has 1 atom stereocenters. The van der Waals surface area contributed by atoms with Gasteiger partial charge in [0.1, 0.15) is 5.82 Å². The van der Waals surface area contributed by atoms with Crippen molar-refractivity contribution in [2.45, 2.75) is 17.9 Å². The van der Waals surface area contributed by atoms with Gasteiger partial charge in [-0.1, -0.05) is 11.6 Å². The Morgan fingerprint density at radius 2 is 1.95 bits per heavy atom. The van der Waals surface area contributed by atoms with Crippen LogP contribution in [0.2, 0.25) is 5.02 Å². The number of aryl methyl sites for hydroxylation is 1. The molecule has 0 spiro atoms. The van der Waals surface area contributed by atoms with Crippen molar-refractivity contribution >= 4 is 29.2 Å². The van der Waals surface area contributed by atoms with Crippen molar-refractivity contribution in [2.75, 3.05) is 11.5 Å². The fourth-order valence-electron chi connectivity index (χ4n) is 1.87. The summed E-state index contributed by atoms with van der Waals surface area (Å²) in [5.41, 5.74) is 14.1. The highest BCUT2D eigenvalue weighted by Crippen LogP contribution is 2.28. The Balaban J connectivity index is 2.05. The quantitative estimate of drug-likeness (QED) is 0.848. The zero-order valence-corrected chi connectivity index (χ0v) is 12.2. The van der Waals surface area contributed by atoms with Crippen LogP contribution in [0.3, 0.4) is 0 Å². The molecule has 1 heterocycles. The molecule has 2 rings (SSSR count). The molecule has 5 heteroatoms. The number of benzene rings is 1. The lowest BCUT2D eigenvalue weighted by Crippen LogP contribution is -2.17. The van der Waals surface area contributed by atoms with Crippen molar-refractivity contribution in [2.24, 2.45) is 5.73 Å². The Morgan fingerprint density at radius 3 is 2.58 bits per heavy atom. The van der Waals surface area contributed by atoms with Crippen molar-refractivity contribution in [1.29, 1.82) is 0 Å². The summed E-state index contributed by atoms with van der Waals surface area (Å²) in [5.74, 6) is 1.27. The number of anilines is 1. The minimum Gasteiger partial charge on any atom is -0.383 e. The molecular formula is C14H16ClN3S. The number of hydrogen-bond donors (Lipinski definition) is 2. The van der Waals surface area contributed by atoms with E-state index in [1.165, 1.54) is 0 Å². The van der Waals surface area contributed by atoms with Gasteiger partial charge in [-0.3, -0.25) is 0 Å². The predicted octanol–water partition coefficient (Wildman–Crippen LogP) is 3.42. The number of nitrogens with zero attached hydrogens (tertiary/aromatic N) is 1. The normalized spacial score (nSPS) is 12.4. The summed E-state index contributed by atoms with van der Waals surface area (Å²) in [5, 5.41) is 0.737. The average Bonchev–Trinajstić information content (AvgIpc) is 2.38. The third kappa shape index (κ3) is 3.62. The minimum absolute atomic E-state index is 0.130. The van der Waals surface area contributed by atoms with Crippen molar-refractivity contribution in [3.63, 3.8) is 0 Å². The predicted molar refractivity (Wildman–Crippen MR) is 82.5 cm³/mol. The van der Waals surface area contributed by atoms with E-state index in [0.29, 0.717) is 5.82 Å². The van der Waals surface area contributed by atoms with Crippen LogP contribution in [0, 0.1) is 6.92 Å². The second-order valence-corrected chi connectivity index (χ2v) is 5.83. The van der Waals surface area contributed by atoms with Crippen LogP contribution < -0.4 is 11.5 Å². The molecule has 0 fully saturated rings.